The molecule has 0 aliphatic carbocycles. The summed E-state index contributed by atoms with van der Waals surface area (Å²) in [7, 11) is 2.21. The Kier molecular flexibility index (Phi) is 3.19. The molecule has 0 saturated carbocycles. The number of nitrogens with zero attached hydrogens (tertiary/aromatic N) is 2. The first-order valence-electron chi connectivity index (χ1n) is 6.67. The van der Waals surface area contributed by atoms with E-state index in [1.165, 1.54) is 31.6 Å². The predicted octanol–water partition coefficient (Wildman–Crippen LogP) is 2.32. The summed E-state index contributed by atoms with van der Waals surface area (Å²) in [6.45, 7) is 3.51. The molecule has 1 unspecified atom stereocenters. The second-order valence-corrected chi connectivity index (χ2v) is 5.32. The van der Waals surface area contributed by atoms with Crippen LogP contribution >= 0.6 is 0 Å². The molecule has 2 N–H and O–H groups in total. The van der Waals surface area contributed by atoms with Crippen LogP contribution in [0.4, 0.5) is 5.69 Å². The van der Waals surface area contributed by atoms with E-state index >= 15 is 0 Å². The minimum absolute atomic E-state index is 0.765. The number of piperidine rings is 1. The van der Waals surface area contributed by atoms with E-state index in [-0.39, 0.29) is 0 Å². The summed E-state index contributed by atoms with van der Waals surface area (Å²) in [6.07, 6.45) is 4.52. The molecule has 1 aromatic heterocycles. The lowest BCUT2D eigenvalue weighted by Crippen LogP contribution is -2.35. The van der Waals surface area contributed by atoms with Gasteiger partial charge in [-0.15, -0.1) is 0 Å². The van der Waals surface area contributed by atoms with Crippen LogP contribution < -0.4 is 5.32 Å². The van der Waals surface area contributed by atoms with Crippen molar-refractivity contribution in [3.8, 4) is 0 Å². The number of aromatic nitrogens is 2. The smallest absolute Gasteiger partial charge is 0.0670 e. The predicted molar refractivity (Wildman–Crippen MR) is 74.8 cm³/mol. The topological polar surface area (TPSA) is 44.0 Å². The molecule has 1 aliphatic rings. The molecule has 0 spiro atoms. The van der Waals surface area contributed by atoms with Crippen LogP contribution in [0.25, 0.3) is 10.9 Å². The first-order chi connectivity index (χ1) is 8.81. The van der Waals surface area contributed by atoms with Crippen LogP contribution in [-0.4, -0.2) is 41.8 Å². The summed E-state index contributed by atoms with van der Waals surface area (Å²) in [6, 6.07) is 6.37. The summed E-state index contributed by atoms with van der Waals surface area (Å²) in [5.41, 5.74) is 2.28. The number of fused-ring (bicyclic) bond motifs is 1. The highest BCUT2D eigenvalue weighted by Crippen LogP contribution is 2.19. The van der Waals surface area contributed by atoms with E-state index in [9.17, 15) is 0 Å². The fourth-order valence-corrected chi connectivity index (χ4v) is 2.75. The fourth-order valence-electron chi connectivity index (χ4n) is 2.75. The van der Waals surface area contributed by atoms with E-state index in [2.05, 4.69) is 45.7 Å². The van der Waals surface area contributed by atoms with Gasteiger partial charge < -0.3 is 10.2 Å². The van der Waals surface area contributed by atoms with E-state index in [4.69, 9.17) is 0 Å². The molecule has 3 rings (SSSR count). The molecular formula is C14H20N4. The maximum Gasteiger partial charge on any atom is 0.0670 e. The molecule has 1 atom stereocenters. The van der Waals surface area contributed by atoms with Gasteiger partial charge in [0, 0.05) is 24.2 Å². The van der Waals surface area contributed by atoms with E-state index in [0.717, 1.165) is 23.4 Å². The van der Waals surface area contributed by atoms with Crippen molar-refractivity contribution in [2.75, 3.05) is 32.0 Å². The fraction of sp³-hybridized carbons (Fsp3) is 0.500. The Morgan fingerprint density at radius 1 is 1.50 bits per heavy atom. The molecule has 2 aromatic rings. The largest absolute Gasteiger partial charge is 0.385 e. The number of nitrogens with one attached hydrogen (secondary N) is 2. The minimum Gasteiger partial charge on any atom is -0.385 e. The van der Waals surface area contributed by atoms with Crippen molar-refractivity contribution in [2.45, 2.75) is 12.8 Å². The molecule has 18 heavy (non-hydrogen) atoms. The Morgan fingerprint density at radius 2 is 2.44 bits per heavy atom. The Morgan fingerprint density at radius 3 is 3.33 bits per heavy atom. The highest BCUT2D eigenvalue weighted by Gasteiger charge is 2.16. The van der Waals surface area contributed by atoms with Crippen molar-refractivity contribution < 1.29 is 0 Å². The first kappa shape index (κ1) is 11.5. The maximum absolute atomic E-state index is 4.04. The van der Waals surface area contributed by atoms with Gasteiger partial charge in [-0.05, 0) is 50.6 Å². The average molecular weight is 244 g/mol. The third-order valence-electron chi connectivity index (χ3n) is 3.76. The number of benzene rings is 1. The molecule has 1 aromatic carbocycles. The van der Waals surface area contributed by atoms with Crippen LogP contribution in [0.3, 0.4) is 0 Å². The van der Waals surface area contributed by atoms with Crippen molar-refractivity contribution in [1.82, 2.24) is 15.1 Å². The zero-order chi connectivity index (χ0) is 12.4. The van der Waals surface area contributed by atoms with Gasteiger partial charge in [-0.2, -0.15) is 5.10 Å². The zero-order valence-electron chi connectivity index (χ0n) is 10.8. The molecule has 0 bridgehead atoms. The number of likely N-dealkylation sites (tertiary alicyclic amines) is 1. The van der Waals surface area contributed by atoms with Gasteiger partial charge in [-0.1, -0.05) is 0 Å². The Balaban J connectivity index is 1.61. The molecule has 2 heterocycles. The highest BCUT2D eigenvalue weighted by atomic mass is 15.1. The average Bonchev–Trinajstić information content (AvgIpc) is 2.84. The van der Waals surface area contributed by atoms with Crippen molar-refractivity contribution in [3.05, 3.63) is 24.4 Å². The normalized spacial score (nSPS) is 21.3. The molecule has 4 heteroatoms. The van der Waals surface area contributed by atoms with Crippen LogP contribution in [-0.2, 0) is 0 Å². The van der Waals surface area contributed by atoms with Gasteiger partial charge in [0.1, 0.15) is 0 Å². The number of hydrogen-bond acceptors (Lipinski definition) is 3. The third kappa shape index (κ3) is 2.48. The van der Waals surface area contributed by atoms with Crippen LogP contribution in [0.1, 0.15) is 12.8 Å². The van der Waals surface area contributed by atoms with Crippen LogP contribution in [0.15, 0.2) is 24.4 Å². The standard InChI is InChI=1S/C14H20N4/c1-18-6-2-3-11(10-18)8-15-13-5-4-12-9-16-17-14(12)7-13/h4-5,7,9,11,15H,2-3,6,8,10H2,1H3,(H,16,17). The molecule has 1 fully saturated rings. The first-order valence-corrected chi connectivity index (χ1v) is 6.67. The number of rotatable bonds is 3. The van der Waals surface area contributed by atoms with E-state index in [0.29, 0.717) is 0 Å². The Hall–Kier alpha value is -1.55. The number of H-pyrrole nitrogens is 1. The van der Waals surface area contributed by atoms with E-state index in [1.807, 2.05) is 6.20 Å². The highest BCUT2D eigenvalue weighted by molar-refractivity contribution is 5.81. The quantitative estimate of drug-likeness (QED) is 0.871. The molecular weight excluding hydrogens is 224 g/mol. The zero-order valence-corrected chi connectivity index (χ0v) is 10.8. The van der Waals surface area contributed by atoms with Gasteiger partial charge in [-0.25, -0.2) is 0 Å². The lowest BCUT2D eigenvalue weighted by molar-refractivity contribution is 0.217. The second-order valence-electron chi connectivity index (χ2n) is 5.32. The van der Waals surface area contributed by atoms with Crippen LogP contribution in [0, 0.1) is 5.92 Å². The third-order valence-corrected chi connectivity index (χ3v) is 3.76. The summed E-state index contributed by atoms with van der Waals surface area (Å²) in [5, 5.41) is 11.8. The molecule has 1 aliphatic heterocycles. The molecule has 1 saturated heterocycles. The maximum atomic E-state index is 4.04. The number of aromatic amines is 1. The van der Waals surface area contributed by atoms with Crippen LogP contribution in [0.5, 0.6) is 0 Å². The van der Waals surface area contributed by atoms with E-state index in [1.54, 1.807) is 0 Å². The summed E-state index contributed by atoms with van der Waals surface area (Å²) < 4.78 is 0. The second kappa shape index (κ2) is 4.98. The Labute approximate surface area is 107 Å². The number of hydrogen-bond donors (Lipinski definition) is 2. The summed E-state index contributed by atoms with van der Waals surface area (Å²) in [4.78, 5) is 2.42. The van der Waals surface area contributed by atoms with Crippen LogP contribution in [0.2, 0.25) is 0 Å². The minimum atomic E-state index is 0.765. The van der Waals surface area contributed by atoms with Crippen molar-refractivity contribution in [2.24, 2.45) is 5.92 Å². The van der Waals surface area contributed by atoms with Gasteiger partial charge in [-0.3, -0.25) is 5.10 Å². The Bertz CT molecular complexity index is 519. The van der Waals surface area contributed by atoms with Gasteiger partial charge >= 0.3 is 0 Å². The van der Waals surface area contributed by atoms with Crippen molar-refractivity contribution >= 4 is 16.6 Å². The lowest BCUT2D eigenvalue weighted by Gasteiger charge is -2.29. The molecule has 0 radical (unpaired) electrons. The van der Waals surface area contributed by atoms with E-state index < -0.39 is 0 Å². The molecule has 96 valence electrons. The number of anilines is 1. The SMILES string of the molecule is CN1CCCC(CNc2ccc3cn[nH]c3c2)C1. The summed E-state index contributed by atoms with van der Waals surface area (Å²) in [5.74, 6) is 0.765. The van der Waals surface area contributed by atoms with Gasteiger partial charge in [0.05, 0.1) is 11.7 Å². The van der Waals surface area contributed by atoms with Crippen molar-refractivity contribution in [3.63, 3.8) is 0 Å². The van der Waals surface area contributed by atoms with Gasteiger partial charge in [0.25, 0.3) is 0 Å². The summed E-state index contributed by atoms with van der Waals surface area (Å²) >= 11 is 0. The lowest BCUT2D eigenvalue weighted by atomic mass is 9.98. The monoisotopic (exact) mass is 244 g/mol. The molecule has 0 amide bonds. The van der Waals surface area contributed by atoms with Crippen molar-refractivity contribution in [1.29, 1.82) is 0 Å². The van der Waals surface area contributed by atoms with Gasteiger partial charge in [0.15, 0.2) is 0 Å². The van der Waals surface area contributed by atoms with Gasteiger partial charge in [0.2, 0.25) is 0 Å². The molecule has 4 nitrogen and oxygen atoms in total.